The molecule has 0 unspecified atom stereocenters. The third kappa shape index (κ3) is 2.99. The van der Waals surface area contributed by atoms with Crippen LogP contribution < -0.4 is 10.6 Å². The van der Waals surface area contributed by atoms with Crippen molar-refractivity contribution < 1.29 is 9.32 Å². The highest BCUT2D eigenvalue weighted by Gasteiger charge is 2.11. The molecule has 0 radical (unpaired) electrons. The second-order valence-electron chi connectivity index (χ2n) is 5.77. The first-order valence-corrected chi connectivity index (χ1v) is 7.48. The lowest BCUT2D eigenvalue weighted by Gasteiger charge is -2.08. The van der Waals surface area contributed by atoms with Gasteiger partial charge in [0.05, 0.1) is 0 Å². The number of nitrogens with zero attached hydrogens (tertiary/aromatic N) is 3. The lowest BCUT2D eigenvalue weighted by Crippen LogP contribution is -2.10. The van der Waals surface area contributed by atoms with E-state index in [1.807, 2.05) is 51.4 Å². The van der Waals surface area contributed by atoms with Crippen LogP contribution in [0, 0.1) is 6.92 Å². The van der Waals surface area contributed by atoms with Crippen LogP contribution in [0.4, 0.5) is 6.01 Å². The number of aryl methyl sites for hydroxylation is 1. The van der Waals surface area contributed by atoms with Crippen molar-refractivity contribution in [2.24, 2.45) is 5.73 Å². The van der Waals surface area contributed by atoms with Gasteiger partial charge >= 0.3 is 6.01 Å². The highest BCUT2D eigenvalue weighted by Crippen LogP contribution is 2.27. The highest BCUT2D eigenvalue weighted by molar-refractivity contribution is 5.93. The Bertz CT molecular complexity index is 882. The van der Waals surface area contributed by atoms with Crippen LogP contribution in [0.5, 0.6) is 0 Å². The van der Waals surface area contributed by atoms with Gasteiger partial charge < -0.3 is 15.2 Å². The van der Waals surface area contributed by atoms with Gasteiger partial charge in [-0.3, -0.25) is 4.79 Å². The molecule has 0 saturated heterocycles. The molecule has 2 N–H and O–H groups in total. The molecule has 0 atom stereocenters. The van der Waals surface area contributed by atoms with Gasteiger partial charge in [-0.05, 0) is 35.7 Å². The second-order valence-corrected chi connectivity index (χ2v) is 5.77. The Morgan fingerprint density at radius 2 is 1.75 bits per heavy atom. The van der Waals surface area contributed by atoms with E-state index in [-0.39, 0.29) is 0 Å². The summed E-state index contributed by atoms with van der Waals surface area (Å²) in [5.74, 6) is 0.125. The van der Waals surface area contributed by atoms with E-state index in [0.717, 1.165) is 22.3 Å². The van der Waals surface area contributed by atoms with E-state index in [9.17, 15) is 4.79 Å². The maximum absolute atomic E-state index is 11.2. The van der Waals surface area contributed by atoms with Crippen LogP contribution in [0.25, 0.3) is 22.5 Å². The standard InChI is InChI=1S/C18H18N4O2/c1-11-10-14(16(19)23)8-9-15(11)12-4-6-13(7-5-12)17-20-18(22(2)3)24-21-17/h4-10H,1-3H3,(H2,19,23). The summed E-state index contributed by atoms with van der Waals surface area (Å²) in [4.78, 5) is 17.3. The summed E-state index contributed by atoms with van der Waals surface area (Å²) in [5.41, 5.74) is 9.79. The summed E-state index contributed by atoms with van der Waals surface area (Å²) in [6.45, 7) is 1.96. The summed E-state index contributed by atoms with van der Waals surface area (Å²) in [7, 11) is 3.69. The van der Waals surface area contributed by atoms with E-state index < -0.39 is 5.91 Å². The van der Waals surface area contributed by atoms with Crippen LogP contribution in [0.3, 0.4) is 0 Å². The number of carbonyl (C=O) groups is 1. The topological polar surface area (TPSA) is 85.2 Å². The zero-order chi connectivity index (χ0) is 17.3. The van der Waals surface area contributed by atoms with Crippen LogP contribution in [0.15, 0.2) is 47.0 Å². The van der Waals surface area contributed by atoms with Gasteiger partial charge in [0.25, 0.3) is 0 Å². The average Bonchev–Trinajstić information content (AvgIpc) is 3.05. The molecule has 0 aliphatic rings. The number of primary amides is 1. The third-order valence-electron chi connectivity index (χ3n) is 3.76. The van der Waals surface area contributed by atoms with E-state index >= 15 is 0 Å². The molecule has 0 aliphatic carbocycles. The normalized spacial score (nSPS) is 10.6. The Balaban J connectivity index is 1.90. The van der Waals surface area contributed by atoms with Crippen LogP contribution in [-0.2, 0) is 0 Å². The minimum absolute atomic E-state index is 0.422. The van der Waals surface area contributed by atoms with Gasteiger partial charge in [0.15, 0.2) is 0 Å². The number of hydrogen-bond acceptors (Lipinski definition) is 5. The van der Waals surface area contributed by atoms with Crippen LogP contribution in [0.2, 0.25) is 0 Å². The van der Waals surface area contributed by atoms with Gasteiger partial charge in [-0.25, -0.2) is 0 Å². The Labute approximate surface area is 139 Å². The smallest absolute Gasteiger partial charge is 0.323 e. The summed E-state index contributed by atoms with van der Waals surface area (Å²) in [6.07, 6.45) is 0. The molecule has 0 spiro atoms. The maximum atomic E-state index is 11.2. The SMILES string of the molecule is Cc1cc(C(N)=O)ccc1-c1ccc(-c2noc(N(C)C)n2)cc1. The molecule has 122 valence electrons. The van der Waals surface area contributed by atoms with Crippen molar-refractivity contribution in [3.63, 3.8) is 0 Å². The van der Waals surface area contributed by atoms with E-state index in [4.69, 9.17) is 10.3 Å². The summed E-state index contributed by atoms with van der Waals surface area (Å²) in [5, 5.41) is 3.98. The number of amides is 1. The highest BCUT2D eigenvalue weighted by atomic mass is 16.5. The molecule has 6 nitrogen and oxygen atoms in total. The second kappa shape index (κ2) is 6.16. The van der Waals surface area contributed by atoms with Gasteiger partial charge in [0, 0.05) is 25.2 Å². The fourth-order valence-electron chi connectivity index (χ4n) is 2.45. The van der Waals surface area contributed by atoms with Crippen molar-refractivity contribution in [2.75, 3.05) is 19.0 Å². The van der Waals surface area contributed by atoms with Crippen molar-refractivity contribution in [1.29, 1.82) is 0 Å². The fraction of sp³-hybridized carbons (Fsp3) is 0.167. The predicted octanol–water partition coefficient (Wildman–Crippen LogP) is 2.88. The molecule has 3 aromatic rings. The number of nitrogens with two attached hydrogens (primary N) is 1. The molecule has 1 heterocycles. The molecule has 0 bridgehead atoms. The first kappa shape index (κ1) is 15.7. The van der Waals surface area contributed by atoms with E-state index in [1.54, 1.807) is 17.0 Å². The quantitative estimate of drug-likeness (QED) is 0.798. The number of rotatable bonds is 4. The van der Waals surface area contributed by atoms with Crippen LogP contribution >= 0.6 is 0 Å². The molecule has 0 aliphatic heterocycles. The van der Waals surface area contributed by atoms with E-state index in [1.165, 1.54) is 0 Å². The first-order chi connectivity index (χ1) is 11.5. The molecule has 0 fully saturated rings. The Hall–Kier alpha value is -3.15. The average molecular weight is 322 g/mol. The van der Waals surface area contributed by atoms with Gasteiger partial charge in [0.1, 0.15) is 0 Å². The van der Waals surface area contributed by atoms with Crippen molar-refractivity contribution in [3.05, 3.63) is 53.6 Å². The number of hydrogen-bond donors (Lipinski definition) is 1. The summed E-state index contributed by atoms with van der Waals surface area (Å²) >= 11 is 0. The zero-order valence-electron chi connectivity index (χ0n) is 13.8. The molecule has 3 rings (SSSR count). The van der Waals surface area contributed by atoms with Crippen molar-refractivity contribution in [2.45, 2.75) is 6.92 Å². The number of carbonyl (C=O) groups excluding carboxylic acids is 1. The molecule has 1 aromatic heterocycles. The molecular formula is C18H18N4O2. The monoisotopic (exact) mass is 322 g/mol. The Morgan fingerprint density at radius 3 is 2.29 bits per heavy atom. The molecule has 6 heteroatoms. The van der Waals surface area contributed by atoms with Crippen LogP contribution in [-0.4, -0.2) is 30.1 Å². The van der Waals surface area contributed by atoms with E-state index in [2.05, 4.69) is 10.1 Å². The molecular weight excluding hydrogens is 304 g/mol. The van der Waals surface area contributed by atoms with Gasteiger partial charge in [-0.15, -0.1) is 0 Å². The fourth-order valence-corrected chi connectivity index (χ4v) is 2.45. The molecule has 0 saturated carbocycles. The van der Waals surface area contributed by atoms with E-state index in [0.29, 0.717) is 17.4 Å². The maximum Gasteiger partial charge on any atom is 0.323 e. The van der Waals surface area contributed by atoms with Gasteiger partial charge in [-0.1, -0.05) is 35.5 Å². The number of aromatic nitrogens is 2. The molecule has 2 aromatic carbocycles. The Morgan fingerprint density at radius 1 is 1.08 bits per heavy atom. The zero-order valence-corrected chi connectivity index (χ0v) is 13.8. The summed E-state index contributed by atoms with van der Waals surface area (Å²) in [6, 6.07) is 13.8. The van der Waals surface area contributed by atoms with Crippen molar-refractivity contribution >= 4 is 11.9 Å². The van der Waals surface area contributed by atoms with Crippen molar-refractivity contribution in [1.82, 2.24) is 10.1 Å². The predicted molar refractivity (Wildman–Crippen MR) is 92.8 cm³/mol. The largest absolute Gasteiger partial charge is 0.366 e. The van der Waals surface area contributed by atoms with Crippen molar-refractivity contribution in [3.8, 4) is 22.5 Å². The third-order valence-corrected chi connectivity index (χ3v) is 3.76. The lowest BCUT2D eigenvalue weighted by molar-refractivity contribution is 0.1000. The minimum Gasteiger partial charge on any atom is -0.366 e. The number of anilines is 1. The molecule has 1 amide bonds. The van der Waals surface area contributed by atoms with Crippen LogP contribution in [0.1, 0.15) is 15.9 Å². The Kier molecular flexibility index (Phi) is 4.04. The lowest BCUT2D eigenvalue weighted by atomic mass is 9.97. The summed E-state index contributed by atoms with van der Waals surface area (Å²) < 4.78 is 5.17. The minimum atomic E-state index is -0.422. The number of benzene rings is 2. The van der Waals surface area contributed by atoms with Gasteiger partial charge in [-0.2, -0.15) is 4.98 Å². The first-order valence-electron chi connectivity index (χ1n) is 7.48. The molecule has 24 heavy (non-hydrogen) atoms. The van der Waals surface area contributed by atoms with Gasteiger partial charge in [0.2, 0.25) is 11.7 Å².